The number of hydrogen-bond donors (Lipinski definition) is 2. The van der Waals surface area contributed by atoms with Gasteiger partial charge in [-0.05, 0) is 6.92 Å². The number of nitrogens with two attached hydrogens (primary N) is 1. The van der Waals surface area contributed by atoms with Gasteiger partial charge in [0.15, 0.2) is 6.10 Å². The summed E-state index contributed by atoms with van der Waals surface area (Å²) in [6.45, 7) is 1.35. The Hall–Kier alpha value is -0.610. The van der Waals surface area contributed by atoms with Crippen LogP contribution in [0.4, 0.5) is 0 Å². The van der Waals surface area contributed by atoms with Crippen LogP contribution in [0, 0.1) is 0 Å². The summed E-state index contributed by atoms with van der Waals surface area (Å²) in [7, 11) is 0. The van der Waals surface area contributed by atoms with Crippen LogP contribution < -0.4 is 5.90 Å². The molecule has 0 bridgehead atoms. The van der Waals surface area contributed by atoms with Crippen molar-refractivity contribution in [2.45, 2.75) is 20.5 Å². The predicted octanol–water partition coefficient (Wildman–Crippen LogP) is -0.0141. The summed E-state index contributed by atoms with van der Waals surface area (Å²) in [5.41, 5.74) is 0. The molecule has 1 unspecified atom stereocenters. The highest BCUT2D eigenvalue weighted by atomic mass is 16.6. The summed E-state index contributed by atoms with van der Waals surface area (Å²) in [6, 6.07) is 0. The minimum atomic E-state index is -1.05. The molecule has 1 atom stereocenters. The number of carboxylic acid groups (broad SMARTS) is 1. The fourth-order valence-electron chi connectivity index (χ4n) is 0.0582. The van der Waals surface area contributed by atoms with Crippen LogP contribution in [0.5, 0.6) is 0 Å². The van der Waals surface area contributed by atoms with Crippen LogP contribution in [0.15, 0.2) is 0 Å². The Labute approximate surface area is 48.2 Å². The van der Waals surface area contributed by atoms with Crippen LogP contribution in [0.2, 0.25) is 0 Å². The third kappa shape index (κ3) is 3.58. The van der Waals surface area contributed by atoms with Gasteiger partial charge in [0.05, 0.1) is 0 Å². The first kappa shape index (κ1) is 10.4. The van der Waals surface area contributed by atoms with Gasteiger partial charge in [0.25, 0.3) is 0 Å². The van der Waals surface area contributed by atoms with Crippen LogP contribution in [0.1, 0.15) is 14.4 Å². The topological polar surface area (TPSA) is 72.5 Å². The monoisotopic (exact) mass is 121 g/mol. The molecule has 8 heavy (non-hydrogen) atoms. The number of aliphatic carboxylic acids is 1. The fourth-order valence-corrected chi connectivity index (χ4v) is 0.0582. The minimum absolute atomic E-state index is 0. The lowest BCUT2D eigenvalue weighted by Crippen LogP contribution is -2.22. The zero-order valence-corrected chi connectivity index (χ0v) is 3.92. The van der Waals surface area contributed by atoms with E-state index in [2.05, 4.69) is 10.7 Å². The Balaban J connectivity index is 0. The molecule has 0 radical (unpaired) electrons. The zero-order valence-electron chi connectivity index (χ0n) is 3.92. The second-order valence-corrected chi connectivity index (χ2v) is 1.12. The maximum absolute atomic E-state index is 9.73. The van der Waals surface area contributed by atoms with Crippen molar-refractivity contribution in [3.8, 4) is 0 Å². The average Bonchev–Trinajstić information content (AvgIpc) is 1.65. The highest BCUT2D eigenvalue weighted by Gasteiger charge is 2.07. The molecule has 0 aliphatic heterocycles. The molecule has 0 fully saturated rings. The Bertz CT molecular complexity index is 73.7. The summed E-state index contributed by atoms with van der Waals surface area (Å²) in [5, 5.41) is 7.98. The van der Waals surface area contributed by atoms with Gasteiger partial charge >= 0.3 is 5.97 Å². The molecule has 0 amide bonds. The molecule has 4 heteroatoms. The maximum Gasteiger partial charge on any atom is 0.334 e. The summed E-state index contributed by atoms with van der Waals surface area (Å²) in [6.07, 6.45) is -0.903. The molecule has 0 aliphatic rings. The van der Waals surface area contributed by atoms with Crippen molar-refractivity contribution in [1.82, 2.24) is 0 Å². The normalized spacial score (nSPS) is 11.8. The van der Waals surface area contributed by atoms with Gasteiger partial charge in [0, 0.05) is 0 Å². The van der Waals surface area contributed by atoms with Crippen molar-refractivity contribution in [3.63, 3.8) is 0 Å². The Morgan fingerprint density at radius 1 is 1.88 bits per heavy atom. The Morgan fingerprint density at radius 2 is 2.25 bits per heavy atom. The average molecular weight is 121 g/mol. The third-order valence-electron chi connectivity index (χ3n) is 0.552. The zero-order chi connectivity index (χ0) is 5.86. The van der Waals surface area contributed by atoms with Gasteiger partial charge in [0.2, 0.25) is 0 Å². The lowest BCUT2D eigenvalue weighted by atomic mass is 10.4. The van der Waals surface area contributed by atoms with Gasteiger partial charge < -0.3 is 5.11 Å². The summed E-state index contributed by atoms with van der Waals surface area (Å²) >= 11 is 0. The first-order valence-corrected chi connectivity index (χ1v) is 1.77. The van der Waals surface area contributed by atoms with Crippen molar-refractivity contribution in [2.75, 3.05) is 0 Å². The standard InChI is InChI=1S/C3H7NO3.CH4/c1-2(7-4)3(5)6;/h2H,4H2,1H3,(H,5,6);1H4. The second-order valence-electron chi connectivity index (χ2n) is 1.12. The van der Waals surface area contributed by atoms with Crippen molar-refractivity contribution in [3.05, 3.63) is 0 Å². The maximum atomic E-state index is 9.73. The lowest BCUT2D eigenvalue weighted by molar-refractivity contribution is -0.149. The van der Waals surface area contributed by atoms with Crippen LogP contribution in [0.25, 0.3) is 0 Å². The first-order chi connectivity index (χ1) is 3.18. The highest BCUT2D eigenvalue weighted by molar-refractivity contribution is 5.71. The van der Waals surface area contributed by atoms with E-state index in [0.29, 0.717) is 0 Å². The van der Waals surface area contributed by atoms with Gasteiger partial charge in [0.1, 0.15) is 0 Å². The van der Waals surface area contributed by atoms with Crippen LogP contribution in [-0.2, 0) is 9.63 Å². The molecule has 0 aromatic rings. The fraction of sp³-hybridized carbons (Fsp3) is 0.750. The van der Waals surface area contributed by atoms with E-state index in [-0.39, 0.29) is 7.43 Å². The van der Waals surface area contributed by atoms with Crippen molar-refractivity contribution >= 4 is 5.97 Å². The van der Waals surface area contributed by atoms with Crippen molar-refractivity contribution in [2.24, 2.45) is 5.90 Å². The smallest absolute Gasteiger partial charge is 0.334 e. The van der Waals surface area contributed by atoms with Crippen LogP contribution in [0.3, 0.4) is 0 Å². The minimum Gasteiger partial charge on any atom is -0.479 e. The number of carbonyl (C=O) groups is 1. The molecule has 0 heterocycles. The molecule has 4 nitrogen and oxygen atoms in total. The second kappa shape index (κ2) is 4.55. The van der Waals surface area contributed by atoms with Gasteiger partial charge in [-0.25, -0.2) is 10.7 Å². The molecule has 3 N–H and O–H groups in total. The molecule has 0 aromatic carbocycles. The van der Waals surface area contributed by atoms with E-state index >= 15 is 0 Å². The Morgan fingerprint density at radius 3 is 2.25 bits per heavy atom. The van der Waals surface area contributed by atoms with Crippen LogP contribution >= 0.6 is 0 Å². The van der Waals surface area contributed by atoms with Crippen molar-refractivity contribution in [1.29, 1.82) is 0 Å². The molecular weight excluding hydrogens is 110 g/mol. The van der Waals surface area contributed by atoms with Crippen LogP contribution in [-0.4, -0.2) is 17.2 Å². The molecule has 0 aromatic heterocycles. The number of rotatable bonds is 2. The molecular formula is C4H11NO3. The number of carboxylic acids is 1. The summed E-state index contributed by atoms with van der Waals surface area (Å²) < 4.78 is 0. The summed E-state index contributed by atoms with van der Waals surface area (Å²) in [4.78, 5) is 13.6. The molecule has 0 saturated heterocycles. The van der Waals surface area contributed by atoms with Gasteiger partial charge in [-0.3, -0.25) is 4.84 Å². The van der Waals surface area contributed by atoms with Crippen molar-refractivity contribution < 1.29 is 14.7 Å². The predicted molar refractivity (Wildman–Crippen MR) is 29.1 cm³/mol. The molecule has 0 aliphatic carbocycles. The van der Waals surface area contributed by atoms with E-state index in [1.54, 1.807) is 0 Å². The molecule has 50 valence electrons. The van der Waals surface area contributed by atoms with E-state index in [1.807, 2.05) is 0 Å². The first-order valence-electron chi connectivity index (χ1n) is 1.77. The molecule has 0 spiro atoms. The largest absolute Gasteiger partial charge is 0.479 e. The van der Waals surface area contributed by atoms with E-state index in [9.17, 15) is 4.79 Å². The van der Waals surface area contributed by atoms with E-state index in [0.717, 1.165) is 0 Å². The third-order valence-corrected chi connectivity index (χ3v) is 0.552. The van der Waals surface area contributed by atoms with Gasteiger partial charge in [-0.2, -0.15) is 0 Å². The van der Waals surface area contributed by atoms with Gasteiger partial charge in [-0.1, -0.05) is 7.43 Å². The van der Waals surface area contributed by atoms with E-state index in [4.69, 9.17) is 5.11 Å². The summed E-state index contributed by atoms with van der Waals surface area (Å²) in [5.74, 6) is 3.44. The van der Waals surface area contributed by atoms with Gasteiger partial charge in [-0.15, -0.1) is 0 Å². The van der Waals surface area contributed by atoms with E-state index < -0.39 is 12.1 Å². The van der Waals surface area contributed by atoms with E-state index in [1.165, 1.54) is 6.92 Å². The molecule has 0 rings (SSSR count). The number of hydrogen-bond acceptors (Lipinski definition) is 3. The lowest BCUT2D eigenvalue weighted by Gasteiger charge is -1.97. The Kier molecular flexibility index (Phi) is 5.90. The molecule has 0 saturated carbocycles. The quantitative estimate of drug-likeness (QED) is 0.504. The SMILES string of the molecule is C.CC(ON)C(=O)O. The highest BCUT2D eigenvalue weighted by Crippen LogP contribution is 1.80.